The quantitative estimate of drug-likeness (QED) is 0.741. The predicted molar refractivity (Wildman–Crippen MR) is 113 cm³/mol. The van der Waals surface area contributed by atoms with Crippen LogP contribution in [0.5, 0.6) is 5.88 Å². The summed E-state index contributed by atoms with van der Waals surface area (Å²) in [6.45, 7) is 1.51. The molecule has 5 rings (SSSR count). The lowest BCUT2D eigenvalue weighted by Gasteiger charge is -2.40. The van der Waals surface area contributed by atoms with Crippen molar-refractivity contribution in [3.05, 3.63) is 28.9 Å². The van der Waals surface area contributed by atoms with E-state index in [0.29, 0.717) is 33.9 Å². The largest absolute Gasteiger partial charge is 0.468 e. The van der Waals surface area contributed by atoms with Gasteiger partial charge >= 0.3 is 0 Å². The Morgan fingerprint density at radius 1 is 1.23 bits per heavy atom. The highest BCUT2D eigenvalue weighted by Crippen LogP contribution is 2.40. The van der Waals surface area contributed by atoms with Gasteiger partial charge in [-0.1, -0.05) is 11.6 Å². The van der Waals surface area contributed by atoms with E-state index < -0.39 is 16.4 Å². The Hall–Kier alpha value is -1.84. The Morgan fingerprint density at radius 2 is 1.97 bits per heavy atom. The van der Waals surface area contributed by atoms with Crippen LogP contribution in [0.1, 0.15) is 49.5 Å². The van der Waals surface area contributed by atoms with Crippen molar-refractivity contribution in [3.8, 4) is 5.88 Å². The van der Waals surface area contributed by atoms with Crippen LogP contribution in [-0.2, 0) is 17.2 Å². The number of aryl methyl sites for hydroxylation is 1. The van der Waals surface area contributed by atoms with E-state index in [1.165, 1.54) is 0 Å². The fourth-order valence-electron chi connectivity index (χ4n) is 4.30. The number of rotatable bonds is 5. The van der Waals surface area contributed by atoms with Gasteiger partial charge in [-0.2, -0.15) is 4.98 Å². The minimum atomic E-state index is -1.15. The second-order valence-electron chi connectivity index (χ2n) is 8.22. The lowest BCUT2D eigenvalue weighted by Crippen LogP contribution is -2.47. The number of aliphatic hydroxyl groups excluding tert-OH is 1. The van der Waals surface area contributed by atoms with Gasteiger partial charge < -0.3 is 14.7 Å². The van der Waals surface area contributed by atoms with E-state index in [2.05, 4.69) is 19.9 Å². The predicted octanol–water partition coefficient (Wildman–Crippen LogP) is 2.26. The topological polar surface area (TPSA) is 101 Å². The van der Waals surface area contributed by atoms with E-state index in [0.717, 1.165) is 56.7 Å². The van der Waals surface area contributed by atoms with Gasteiger partial charge in [0.25, 0.3) is 0 Å². The van der Waals surface area contributed by atoms with Crippen molar-refractivity contribution in [1.29, 1.82) is 0 Å². The molecule has 8 nitrogen and oxygen atoms in total. The van der Waals surface area contributed by atoms with Gasteiger partial charge in [-0.25, -0.2) is 15.0 Å². The highest BCUT2D eigenvalue weighted by molar-refractivity contribution is 7.85. The first-order chi connectivity index (χ1) is 14.6. The summed E-state index contributed by atoms with van der Waals surface area (Å²) in [5.41, 5.74) is 0.217. The first-order valence-corrected chi connectivity index (χ1v) is 12.1. The maximum absolute atomic E-state index is 12.5. The molecule has 1 N–H and O–H groups in total. The molecule has 3 aliphatic rings. The number of aliphatic hydroxyl groups is 1. The molecule has 0 aromatic carbocycles. The summed E-state index contributed by atoms with van der Waals surface area (Å²) in [7, 11) is -1.15. The molecule has 2 aliphatic heterocycles. The van der Waals surface area contributed by atoms with Crippen molar-refractivity contribution in [1.82, 2.24) is 19.9 Å². The zero-order chi connectivity index (χ0) is 20.7. The second kappa shape index (κ2) is 8.01. The lowest BCUT2D eigenvalue weighted by molar-refractivity contribution is -0.0564. The van der Waals surface area contributed by atoms with Crippen molar-refractivity contribution >= 4 is 28.3 Å². The smallest absolute Gasteiger partial charge is 0.235 e. The zero-order valence-electron chi connectivity index (χ0n) is 16.6. The first kappa shape index (κ1) is 20.1. The highest BCUT2D eigenvalue weighted by atomic mass is 35.5. The Bertz CT molecular complexity index is 956. The van der Waals surface area contributed by atoms with Crippen molar-refractivity contribution < 1.29 is 14.1 Å². The Morgan fingerprint density at radius 3 is 2.60 bits per heavy atom. The minimum absolute atomic E-state index is 0.0553. The van der Waals surface area contributed by atoms with Crippen molar-refractivity contribution in [2.45, 2.75) is 54.9 Å². The number of ether oxygens (including phenoxy) is 1. The Balaban J connectivity index is 1.37. The van der Waals surface area contributed by atoms with E-state index in [-0.39, 0.29) is 12.5 Å². The summed E-state index contributed by atoms with van der Waals surface area (Å²) in [4.78, 5) is 20.9. The van der Waals surface area contributed by atoms with Crippen LogP contribution < -0.4 is 9.64 Å². The van der Waals surface area contributed by atoms with Gasteiger partial charge in [0.05, 0.1) is 28.1 Å². The Kier molecular flexibility index (Phi) is 5.37. The summed E-state index contributed by atoms with van der Waals surface area (Å²) < 4.78 is 18.7. The fraction of sp³-hybridized carbons (Fsp3) is 0.600. The molecule has 30 heavy (non-hydrogen) atoms. The molecular weight excluding hydrogens is 426 g/mol. The molecule has 10 heteroatoms. The molecule has 0 radical (unpaired) electrons. The van der Waals surface area contributed by atoms with Crippen LogP contribution in [0.2, 0.25) is 5.02 Å². The van der Waals surface area contributed by atoms with Crippen LogP contribution in [-0.4, -0.2) is 60.3 Å². The van der Waals surface area contributed by atoms with E-state index in [4.69, 9.17) is 21.3 Å². The van der Waals surface area contributed by atoms with Crippen molar-refractivity contribution in [2.75, 3.05) is 30.3 Å². The molecule has 1 saturated heterocycles. The normalized spacial score (nSPS) is 23.1. The van der Waals surface area contributed by atoms with Gasteiger partial charge in [-0.15, -0.1) is 0 Å². The number of hydrogen-bond acceptors (Lipinski definition) is 8. The molecule has 4 heterocycles. The molecule has 160 valence electrons. The monoisotopic (exact) mass is 449 g/mol. The number of nitrogens with zero attached hydrogens (tertiary/aromatic N) is 5. The third kappa shape index (κ3) is 3.67. The Labute approximate surface area is 182 Å². The molecule has 0 bridgehead atoms. The van der Waals surface area contributed by atoms with E-state index >= 15 is 0 Å². The van der Waals surface area contributed by atoms with Gasteiger partial charge in [-0.3, -0.25) is 4.21 Å². The maximum Gasteiger partial charge on any atom is 0.235 e. The summed E-state index contributed by atoms with van der Waals surface area (Å²) >= 11 is 5.90. The SMILES string of the molecule is O=S1CCc2nc(N3CCC(c4ncc(Cl)cn4)CC3)nc(OC3(CO)CCC3)c21. The number of halogens is 1. The number of fused-ring (bicyclic) bond motifs is 1. The van der Waals surface area contributed by atoms with E-state index in [1.54, 1.807) is 12.4 Å². The van der Waals surface area contributed by atoms with Gasteiger partial charge in [0.2, 0.25) is 11.8 Å². The van der Waals surface area contributed by atoms with Crippen molar-refractivity contribution in [2.24, 2.45) is 0 Å². The van der Waals surface area contributed by atoms with Gasteiger partial charge in [0.1, 0.15) is 16.3 Å². The molecule has 1 unspecified atom stereocenters. The van der Waals surface area contributed by atoms with Gasteiger partial charge in [-0.05, 0) is 32.1 Å². The molecule has 2 aromatic rings. The van der Waals surface area contributed by atoms with E-state index in [1.807, 2.05) is 0 Å². The average Bonchev–Trinajstić information content (AvgIpc) is 3.12. The van der Waals surface area contributed by atoms with Crippen LogP contribution >= 0.6 is 11.6 Å². The number of hydrogen-bond donors (Lipinski definition) is 1. The lowest BCUT2D eigenvalue weighted by atomic mass is 9.81. The average molecular weight is 450 g/mol. The molecule has 0 amide bonds. The van der Waals surface area contributed by atoms with Crippen LogP contribution in [0.25, 0.3) is 0 Å². The van der Waals surface area contributed by atoms with E-state index in [9.17, 15) is 9.32 Å². The third-order valence-electron chi connectivity index (χ3n) is 6.29. The summed E-state index contributed by atoms with van der Waals surface area (Å²) in [6.07, 6.45) is 8.32. The summed E-state index contributed by atoms with van der Waals surface area (Å²) in [5, 5.41) is 10.4. The van der Waals surface area contributed by atoms with Crippen LogP contribution in [0.15, 0.2) is 17.3 Å². The van der Waals surface area contributed by atoms with Crippen molar-refractivity contribution in [3.63, 3.8) is 0 Å². The number of piperidine rings is 1. The first-order valence-electron chi connectivity index (χ1n) is 10.4. The fourth-order valence-corrected chi connectivity index (χ4v) is 5.67. The summed E-state index contributed by atoms with van der Waals surface area (Å²) in [6, 6.07) is 0. The van der Waals surface area contributed by atoms with Crippen LogP contribution in [0.4, 0.5) is 5.95 Å². The molecule has 1 atom stereocenters. The minimum Gasteiger partial charge on any atom is -0.468 e. The second-order valence-corrected chi connectivity index (χ2v) is 10.2. The molecule has 0 spiro atoms. The maximum atomic E-state index is 12.5. The summed E-state index contributed by atoms with van der Waals surface area (Å²) in [5.74, 6) is 2.66. The standard InChI is InChI=1S/C20H24ClN5O3S/c21-14-10-22-17(23-11-14)13-2-7-26(8-3-13)19-24-15-4-9-30(28)16(15)18(25-19)29-20(12-27)5-1-6-20/h10-11,13,27H,1-9,12H2. The molecule has 2 fully saturated rings. The van der Waals surface area contributed by atoms with Crippen LogP contribution in [0.3, 0.4) is 0 Å². The highest BCUT2D eigenvalue weighted by Gasteiger charge is 2.41. The van der Waals surface area contributed by atoms with Gasteiger partial charge in [0.15, 0.2) is 0 Å². The molecular formula is C20H24ClN5O3S. The molecule has 1 saturated carbocycles. The third-order valence-corrected chi connectivity index (χ3v) is 7.93. The number of aromatic nitrogens is 4. The van der Waals surface area contributed by atoms with Crippen LogP contribution in [0, 0.1) is 0 Å². The zero-order valence-corrected chi connectivity index (χ0v) is 18.2. The number of anilines is 1. The molecule has 1 aliphatic carbocycles. The van der Waals surface area contributed by atoms with Gasteiger partial charge in [0, 0.05) is 43.6 Å². The molecule has 2 aromatic heterocycles.